The SMILES string of the molecule is CCCCCCC/C=C\C/C=C\CCCCCCCCCCCC(=O)OC(COC(=O)CCCCCCCCCCCCCCCCCCC)COP(=O)(O)OCC[N+](C)(C)C. The Bertz CT molecular complexity index is 1110. The first-order valence-electron chi connectivity index (χ1n) is 26.1. The third-order valence-electron chi connectivity index (χ3n) is 11.5. The summed E-state index contributed by atoms with van der Waals surface area (Å²) in [5.41, 5.74) is 0. The average molecular weight is 899 g/mol. The van der Waals surface area contributed by atoms with Crippen LogP contribution in [0.1, 0.15) is 245 Å². The molecule has 62 heavy (non-hydrogen) atoms. The standard InChI is InChI=1S/C52H100NO8P/c1-6-8-10-12-14-16-18-20-22-24-25-26-27-29-31-33-35-37-39-41-43-45-52(55)61-50(49-60-62(56,57)59-47-46-53(3,4)5)48-58-51(54)44-42-40-38-36-34-32-30-28-23-21-19-17-15-13-11-9-7-2/h18,20,24-25,50H,6-17,19,21-23,26-49H2,1-5H3/p+1/b20-18-,25-24-. The normalized spacial score (nSPS) is 13.6. The minimum absolute atomic E-state index is 0.0331. The molecule has 0 spiro atoms. The summed E-state index contributed by atoms with van der Waals surface area (Å²) >= 11 is 0. The molecule has 0 amide bonds. The number of carbonyl (C=O) groups is 2. The van der Waals surface area contributed by atoms with Gasteiger partial charge in [-0.05, 0) is 44.9 Å². The second-order valence-corrected chi connectivity index (χ2v) is 20.4. The minimum atomic E-state index is -4.38. The van der Waals surface area contributed by atoms with Gasteiger partial charge in [0.15, 0.2) is 6.10 Å². The first-order chi connectivity index (χ1) is 30.0. The number of likely N-dealkylation sites (N-methyl/N-ethyl adjacent to an activating group) is 1. The van der Waals surface area contributed by atoms with Gasteiger partial charge >= 0.3 is 19.8 Å². The van der Waals surface area contributed by atoms with Crippen LogP contribution in [-0.4, -0.2) is 74.9 Å². The summed E-state index contributed by atoms with van der Waals surface area (Å²) in [6, 6.07) is 0. The number of hydrogen-bond donors (Lipinski definition) is 1. The molecule has 0 aromatic rings. The van der Waals surface area contributed by atoms with Crippen molar-refractivity contribution in [1.29, 1.82) is 0 Å². The third kappa shape index (κ3) is 48.0. The quantitative estimate of drug-likeness (QED) is 0.0211. The van der Waals surface area contributed by atoms with Crippen LogP contribution >= 0.6 is 7.82 Å². The maximum absolute atomic E-state index is 12.8. The molecule has 10 heteroatoms. The summed E-state index contributed by atoms with van der Waals surface area (Å²) in [4.78, 5) is 35.6. The van der Waals surface area contributed by atoms with Gasteiger partial charge in [0.2, 0.25) is 0 Å². The van der Waals surface area contributed by atoms with Gasteiger partial charge in [-0.25, -0.2) is 4.57 Å². The molecule has 9 nitrogen and oxygen atoms in total. The van der Waals surface area contributed by atoms with E-state index < -0.39 is 26.5 Å². The third-order valence-corrected chi connectivity index (χ3v) is 12.5. The number of carbonyl (C=O) groups excluding carboxylic acids is 2. The van der Waals surface area contributed by atoms with Gasteiger partial charge in [0, 0.05) is 12.8 Å². The number of esters is 2. The predicted octanol–water partition coefficient (Wildman–Crippen LogP) is 15.5. The Balaban J connectivity index is 4.23. The molecule has 2 unspecified atom stereocenters. The molecule has 0 heterocycles. The van der Waals surface area contributed by atoms with Crippen molar-refractivity contribution in [2.45, 2.75) is 251 Å². The molecule has 0 rings (SSSR count). The molecule has 0 aliphatic carbocycles. The first-order valence-corrected chi connectivity index (χ1v) is 27.6. The molecule has 366 valence electrons. The average Bonchev–Trinajstić information content (AvgIpc) is 3.23. The lowest BCUT2D eigenvalue weighted by Crippen LogP contribution is -2.37. The Morgan fingerprint density at radius 3 is 1.27 bits per heavy atom. The molecule has 0 radical (unpaired) electrons. The van der Waals surface area contributed by atoms with Gasteiger partial charge < -0.3 is 18.9 Å². The van der Waals surface area contributed by atoms with Crippen molar-refractivity contribution in [2.24, 2.45) is 0 Å². The van der Waals surface area contributed by atoms with E-state index in [4.69, 9.17) is 18.5 Å². The number of rotatable bonds is 48. The summed E-state index contributed by atoms with van der Waals surface area (Å²) in [7, 11) is 1.48. The Labute approximate surface area is 383 Å². The van der Waals surface area contributed by atoms with Gasteiger partial charge in [-0.3, -0.25) is 18.6 Å². The van der Waals surface area contributed by atoms with Crippen molar-refractivity contribution in [3.05, 3.63) is 24.3 Å². The Morgan fingerprint density at radius 2 is 0.871 bits per heavy atom. The molecule has 0 saturated heterocycles. The van der Waals surface area contributed by atoms with Crippen molar-refractivity contribution in [1.82, 2.24) is 0 Å². The molecule has 0 aromatic carbocycles. The largest absolute Gasteiger partial charge is 0.472 e. The number of allylic oxidation sites excluding steroid dienone is 4. The lowest BCUT2D eigenvalue weighted by Gasteiger charge is -2.24. The second kappa shape index (κ2) is 44.7. The maximum atomic E-state index is 12.8. The lowest BCUT2D eigenvalue weighted by molar-refractivity contribution is -0.870. The lowest BCUT2D eigenvalue weighted by atomic mass is 10.0. The van der Waals surface area contributed by atoms with Crippen LogP contribution in [0.15, 0.2) is 24.3 Å². The van der Waals surface area contributed by atoms with Crippen LogP contribution in [0.2, 0.25) is 0 Å². The summed E-state index contributed by atoms with van der Waals surface area (Å²) in [5, 5.41) is 0. The van der Waals surface area contributed by atoms with Crippen molar-refractivity contribution >= 4 is 19.8 Å². The zero-order valence-electron chi connectivity index (χ0n) is 41.4. The van der Waals surface area contributed by atoms with E-state index in [1.54, 1.807) is 0 Å². The number of nitrogens with zero attached hydrogens (tertiary/aromatic N) is 1. The van der Waals surface area contributed by atoms with Crippen molar-refractivity contribution in [3.8, 4) is 0 Å². The van der Waals surface area contributed by atoms with Crippen LogP contribution in [0.4, 0.5) is 0 Å². The fourth-order valence-electron chi connectivity index (χ4n) is 7.40. The fraction of sp³-hybridized carbons (Fsp3) is 0.885. The molecule has 0 fully saturated rings. The number of hydrogen-bond acceptors (Lipinski definition) is 7. The summed E-state index contributed by atoms with van der Waals surface area (Å²) in [5.74, 6) is -0.790. The molecule has 1 N–H and O–H groups in total. The molecular formula is C52H101NO8P+. The molecule has 0 aromatic heterocycles. The van der Waals surface area contributed by atoms with E-state index in [1.165, 1.54) is 167 Å². The molecular weight excluding hydrogens is 798 g/mol. The Morgan fingerprint density at radius 1 is 0.500 bits per heavy atom. The van der Waals surface area contributed by atoms with Crippen LogP contribution in [0, 0.1) is 0 Å². The summed E-state index contributed by atoms with van der Waals surface area (Å²) in [6.45, 7) is 4.45. The van der Waals surface area contributed by atoms with E-state index in [2.05, 4.69) is 38.2 Å². The van der Waals surface area contributed by atoms with Crippen molar-refractivity contribution in [2.75, 3.05) is 47.5 Å². The number of quaternary nitrogens is 1. The fourth-order valence-corrected chi connectivity index (χ4v) is 8.14. The topological polar surface area (TPSA) is 108 Å². The monoisotopic (exact) mass is 899 g/mol. The molecule has 2 atom stereocenters. The van der Waals surface area contributed by atoms with E-state index in [-0.39, 0.29) is 25.6 Å². The number of phosphoric ester groups is 1. The first kappa shape index (κ1) is 60.5. The molecule has 0 aliphatic heterocycles. The van der Waals surface area contributed by atoms with Crippen molar-refractivity contribution in [3.63, 3.8) is 0 Å². The highest BCUT2D eigenvalue weighted by Gasteiger charge is 2.27. The zero-order chi connectivity index (χ0) is 45.7. The highest BCUT2D eigenvalue weighted by atomic mass is 31.2. The van der Waals surface area contributed by atoms with Crippen molar-refractivity contribution < 1.29 is 42.1 Å². The van der Waals surface area contributed by atoms with Gasteiger partial charge in [0.25, 0.3) is 0 Å². The number of phosphoric acid groups is 1. The highest BCUT2D eigenvalue weighted by Crippen LogP contribution is 2.43. The summed E-state index contributed by atoms with van der Waals surface area (Å²) < 4.78 is 34.5. The number of unbranched alkanes of at least 4 members (excludes halogenated alkanes) is 30. The van der Waals surface area contributed by atoms with Crippen LogP contribution in [-0.2, 0) is 32.7 Å². The molecule has 0 saturated carbocycles. The van der Waals surface area contributed by atoms with Crippen LogP contribution < -0.4 is 0 Å². The summed E-state index contributed by atoms with van der Waals surface area (Å²) in [6.07, 6.45) is 50.8. The van der Waals surface area contributed by atoms with E-state index in [0.717, 1.165) is 44.9 Å². The van der Waals surface area contributed by atoms with Crippen LogP contribution in [0.5, 0.6) is 0 Å². The van der Waals surface area contributed by atoms with Gasteiger partial charge in [-0.2, -0.15) is 0 Å². The Hall–Kier alpha value is -1.51. The van der Waals surface area contributed by atoms with Crippen LogP contribution in [0.3, 0.4) is 0 Å². The number of ether oxygens (including phenoxy) is 2. The molecule has 0 aliphatic rings. The van der Waals surface area contributed by atoms with E-state index >= 15 is 0 Å². The van der Waals surface area contributed by atoms with Gasteiger partial charge in [-0.15, -0.1) is 0 Å². The predicted molar refractivity (Wildman–Crippen MR) is 261 cm³/mol. The van der Waals surface area contributed by atoms with Gasteiger partial charge in [-0.1, -0.05) is 212 Å². The van der Waals surface area contributed by atoms with E-state index in [0.29, 0.717) is 23.9 Å². The van der Waals surface area contributed by atoms with Gasteiger partial charge in [0.05, 0.1) is 27.7 Å². The molecule has 0 bridgehead atoms. The smallest absolute Gasteiger partial charge is 0.462 e. The minimum Gasteiger partial charge on any atom is -0.462 e. The van der Waals surface area contributed by atoms with E-state index in [1.807, 2.05) is 21.1 Å². The Kier molecular flexibility index (Phi) is 43.6. The van der Waals surface area contributed by atoms with Crippen LogP contribution in [0.25, 0.3) is 0 Å². The zero-order valence-corrected chi connectivity index (χ0v) is 42.3. The highest BCUT2D eigenvalue weighted by molar-refractivity contribution is 7.47. The van der Waals surface area contributed by atoms with E-state index in [9.17, 15) is 19.0 Å². The second-order valence-electron chi connectivity index (χ2n) is 18.9. The van der Waals surface area contributed by atoms with Gasteiger partial charge in [0.1, 0.15) is 19.8 Å². The maximum Gasteiger partial charge on any atom is 0.472 e.